The molecule has 0 radical (unpaired) electrons. The van der Waals surface area contributed by atoms with Crippen molar-refractivity contribution in [2.75, 3.05) is 39.8 Å². The van der Waals surface area contributed by atoms with Crippen LogP contribution < -0.4 is 15.4 Å². The van der Waals surface area contributed by atoms with Crippen LogP contribution in [0.5, 0.6) is 5.75 Å². The molecule has 0 saturated carbocycles. The van der Waals surface area contributed by atoms with Gasteiger partial charge in [0.25, 0.3) is 0 Å². The number of para-hydroxylation sites is 1. The van der Waals surface area contributed by atoms with Crippen molar-refractivity contribution < 1.29 is 4.74 Å². The quantitative estimate of drug-likeness (QED) is 0.405. The van der Waals surface area contributed by atoms with Gasteiger partial charge >= 0.3 is 0 Å². The lowest BCUT2D eigenvalue weighted by atomic mass is 9.97. The largest absolute Gasteiger partial charge is 0.489 e. The van der Waals surface area contributed by atoms with E-state index in [0.29, 0.717) is 13.2 Å². The molecule has 2 rings (SSSR count). The van der Waals surface area contributed by atoms with E-state index in [0.717, 1.165) is 29.7 Å². The topological polar surface area (TPSA) is 48.9 Å². The Balaban J connectivity index is 1.76. The van der Waals surface area contributed by atoms with Gasteiger partial charge in [0.1, 0.15) is 12.4 Å². The molecular formula is C21H34N4O. The summed E-state index contributed by atoms with van der Waals surface area (Å²) in [7, 11) is 1.82. The molecule has 0 unspecified atom stereocenters. The van der Waals surface area contributed by atoms with Gasteiger partial charge in [0.2, 0.25) is 0 Å². The van der Waals surface area contributed by atoms with E-state index >= 15 is 0 Å². The summed E-state index contributed by atoms with van der Waals surface area (Å²) >= 11 is 0. The smallest absolute Gasteiger partial charge is 0.191 e. The van der Waals surface area contributed by atoms with E-state index in [4.69, 9.17) is 4.74 Å². The molecule has 0 spiro atoms. The van der Waals surface area contributed by atoms with Crippen molar-refractivity contribution in [3.63, 3.8) is 0 Å². The molecule has 1 aromatic carbocycles. The zero-order chi connectivity index (χ0) is 18.6. The number of likely N-dealkylation sites (tertiary alicyclic amines) is 1. The highest BCUT2D eigenvalue weighted by Crippen LogP contribution is 2.18. The number of benzene rings is 1. The van der Waals surface area contributed by atoms with Crippen molar-refractivity contribution in [1.82, 2.24) is 15.5 Å². The van der Waals surface area contributed by atoms with E-state index in [-0.39, 0.29) is 0 Å². The summed E-state index contributed by atoms with van der Waals surface area (Å²) in [4.78, 5) is 6.92. The summed E-state index contributed by atoms with van der Waals surface area (Å²) in [6.07, 6.45) is 5.54. The first-order valence-electron chi connectivity index (χ1n) is 9.75. The molecule has 5 heteroatoms. The molecule has 1 fully saturated rings. The minimum atomic E-state index is 0.515. The number of nitrogens with one attached hydrogen (secondary N) is 2. The highest BCUT2D eigenvalue weighted by molar-refractivity contribution is 5.79. The van der Waals surface area contributed by atoms with Crippen molar-refractivity contribution in [2.24, 2.45) is 10.9 Å². The molecule has 144 valence electrons. The fraction of sp³-hybridized carbons (Fsp3) is 0.571. The number of ether oxygens (including phenoxy) is 1. The molecular weight excluding hydrogens is 324 g/mol. The third-order valence-corrected chi connectivity index (χ3v) is 4.80. The summed E-state index contributed by atoms with van der Waals surface area (Å²) in [5.41, 5.74) is 1.12. The number of aliphatic imine (C=N–C) groups is 1. The van der Waals surface area contributed by atoms with Crippen LogP contribution in [0.25, 0.3) is 0 Å². The van der Waals surface area contributed by atoms with Gasteiger partial charge in [0.15, 0.2) is 5.96 Å². The van der Waals surface area contributed by atoms with Crippen molar-refractivity contribution >= 4 is 5.96 Å². The number of guanidine groups is 1. The van der Waals surface area contributed by atoms with E-state index in [1.54, 1.807) is 6.08 Å². The number of rotatable bonds is 9. The third kappa shape index (κ3) is 6.71. The number of nitrogens with zero attached hydrogens (tertiary/aromatic N) is 2. The van der Waals surface area contributed by atoms with Crippen LogP contribution in [0.3, 0.4) is 0 Å². The molecule has 2 N–H and O–H groups in total. The monoisotopic (exact) mass is 358 g/mol. The molecule has 1 saturated heterocycles. The molecule has 0 amide bonds. The van der Waals surface area contributed by atoms with Gasteiger partial charge in [0.05, 0.1) is 0 Å². The zero-order valence-electron chi connectivity index (χ0n) is 16.3. The van der Waals surface area contributed by atoms with E-state index < -0.39 is 0 Å². The van der Waals surface area contributed by atoms with Gasteiger partial charge in [-0.1, -0.05) is 37.8 Å². The number of hydrogen-bond donors (Lipinski definition) is 2. The Morgan fingerprint density at radius 3 is 2.77 bits per heavy atom. The number of hydrogen-bond acceptors (Lipinski definition) is 3. The van der Waals surface area contributed by atoms with E-state index in [2.05, 4.69) is 40.1 Å². The van der Waals surface area contributed by atoms with Crippen LogP contribution in [0, 0.1) is 5.92 Å². The molecule has 1 aromatic rings. The minimum Gasteiger partial charge on any atom is -0.489 e. The van der Waals surface area contributed by atoms with Crippen LogP contribution in [-0.4, -0.2) is 50.7 Å². The maximum absolute atomic E-state index is 5.71. The molecule has 0 aliphatic carbocycles. The SMILES string of the molecule is C=CCOc1ccccc1CNC(=NC)NCC1CCN(CCC)CC1. The Labute approximate surface area is 158 Å². The second-order valence-electron chi connectivity index (χ2n) is 6.80. The summed E-state index contributed by atoms with van der Waals surface area (Å²) < 4.78 is 5.71. The third-order valence-electron chi connectivity index (χ3n) is 4.80. The lowest BCUT2D eigenvalue weighted by Gasteiger charge is -2.32. The Morgan fingerprint density at radius 1 is 1.31 bits per heavy atom. The Hall–Kier alpha value is -2.01. The van der Waals surface area contributed by atoms with E-state index in [1.807, 2.05) is 25.2 Å². The highest BCUT2D eigenvalue weighted by atomic mass is 16.5. The first-order chi connectivity index (χ1) is 12.8. The highest BCUT2D eigenvalue weighted by Gasteiger charge is 2.18. The second kappa shape index (κ2) is 11.6. The standard InChI is InChI=1S/C21H34N4O/c1-4-12-25-13-10-18(11-14-25)16-23-21(22-3)24-17-19-8-6-7-9-20(19)26-15-5-2/h5-9,18H,2,4,10-17H2,1,3H3,(H2,22,23,24). The van der Waals surface area contributed by atoms with Crippen LogP contribution in [0.2, 0.25) is 0 Å². The summed E-state index contributed by atoms with van der Waals surface area (Å²) in [5.74, 6) is 2.46. The lowest BCUT2D eigenvalue weighted by Crippen LogP contribution is -2.42. The average Bonchev–Trinajstić information content (AvgIpc) is 2.68. The molecule has 1 aliphatic rings. The van der Waals surface area contributed by atoms with Gasteiger partial charge in [-0.3, -0.25) is 4.99 Å². The van der Waals surface area contributed by atoms with Crippen molar-refractivity contribution in [1.29, 1.82) is 0 Å². The van der Waals surface area contributed by atoms with Gasteiger partial charge in [0, 0.05) is 25.7 Å². The first kappa shape index (κ1) is 20.3. The Bertz CT molecular complexity index is 565. The molecule has 26 heavy (non-hydrogen) atoms. The molecule has 5 nitrogen and oxygen atoms in total. The van der Waals surface area contributed by atoms with Crippen LogP contribution >= 0.6 is 0 Å². The second-order valence-corrected chi connectivity index (χ2v) is 6.80. The maximum Gasteiger partial charge on any atom is 0.191 e. The lowest BCUT2D eigenvalue weighted by molar-refractivity contribution is 0.185. The average molecular weight is 359 g/mol. The first-order valence-corrected chi connectivity index (χ1v) is 9.75. The predicted molar refractivity (Wildman–Crippen MR) is 110 cm³/mol. The molecule has 1 heterocycles. The van der Waals surface area contributed by atoms with Crippen LogP contribution in [-0.2, 0) is 6.54 Å². The Kier molecular flexibility index (Phi) is 9.04. The normalized spacial score (nSPS) is 16.3. The molecule has 1 aliphatic heterocycles. The zero-order valence-corrected chi connectivity index (χ0v) is 16.3. The fourth-order valence-corrected chi connectivity index (χ4v) is 3.31. The van der Waals surface area contributed by atoms with E-state index in [9.17, 15) is 0 Å². The van der Waals surface area contributed by atoms with Gasteiger partial charge in [-0.25, -0.2) is 0 Å². The fourth-order valence-electron chi connectivity index (χ4n) is 3.31. The summed E-state index contributed by atoms with van der Waals surface area (Å²) in [6, 6.07) is 8.07. The van der Waals surface area contributed by atoms with E-state index in [1.165, 1.54) is 38.9 Å². The van der Waals surface area contributed by atoms with Crippen LogP contribution in [0.4, 0.5) is 0 Å². The van der Waals surface area contributed by atoms with Gasteiger partial charge in [-0.2, -0.15) is 0 Å². The van der Waals surface area contributed by atoms with Gasteiger partial charge in [-0.05, 0) is 50.9 Å². The van der Waals surface area contributed by atoms with Crippen molar-refractivity contribution in [3.8, 4) is 5.75 Å². The molecule has 0 bridgehead atoms. The van der Waals surface area contributed by atoms with Crippen LogP contribution in [0.1, 0.15) is 31.7 Å². The molecule has 0 aromatic heterocycles. The maximum atomic E-state index is 5.71. The van der Waals surface area contributed by atoms with Crippen molar-refractivity contribution in [3.05, 3.63) is 42.5 Å². The van der Waals surface area contributed by atoms with Crippen LogP contribution in [0.15, 0.2) is 41.9 Å². The summed E-state index contributed by atoms with van der Waals surface area (Å²) in [5, 5.41) is 6.88. The minimum absolute atomic E-state index is 0.515. The van der Waals surface area contributed by atoms with Gasteiger partial charge in [-0.15, -0.1) is 0 Å². The summed E-state index contributed by atoms with van der Waals surface area (Å²) in [6.45, 7) is 11.8. The predicted octanol–water partition coefficient (Wildman–Crippen LogP) is 3.04. The van der Waals surface area contributed by atoms with Gasteiger partial charge < -0.3 is 20.3 Å². The van der Waals surface area contributed by atoms with Crippen molar-refractivity contribution in [2.45, 2.75) is 32.7 Å². The Morgan fingerprint density at radius 2 is 2.08 bits per heavy atom. The molecule has 0 atom stereocenters. The number of piperidine rings is 1.